The Balaban J connectivity index is 1.80. The Bertz CT molecular complexity index is 1140. The van der Waals surface area contributed by atoms with Crippen molar-refractivity contribution in [3.8, 4) is 5.69 Å². The Morgan fingerprint density at radius 3 is 2.30 bits per heavy atom. The number of benzene rings is 2. The highest BCUT2D eigenvalue weighted by atomic mass is 32.1. The minimum Gasteiger partial charge on any atom is -0.318 e. The lowest BCUT2D eigenvalue weighted by Gasteiger charge is -2.16. The van der Waals surface area contributed by atoms with Gasteiger partial charge >= 0.3 is 0 Å². The fraction of sp³-hybridized carbons (Fsp3) is 0.0952. The van der Waals surface area contributed by atoms with Crippen LogP contribution in [0.2, 0.25) is 0 Å². The molecule has 2 heterocycles. The van der Waals surface area contributed by atoms with Crippen molar-refractivity contribution in [2.24, 2.45) is 0 Å². The molecule has 3 aromatic rings. The molecule has 0 saturated carbocycles. The highest BCUT2D eigenvalue weighted by Gasteiger charge is 2.26. The Hall–Kier alpha value is -3.25. The Morgan fingerprint density at radius 1 is 0.926 bits per heavy atom. The van der Waals surface area contributed by atoms with Gasteiger partial charge in [0.1, 0.15) is 5.57 Å². The van der Waals surface area contributed by atoms with E-state index in [0.29, 0.717) is 0 Å². The van der Waals surface area contributed by atoms with Crippen molar-refractivity contribution in [3.05, 3.63) is 71.1 Å². The van der Waals surface area contributed by atoms with Gasteiger partial charge in [-0.2, -0.15) is 0 Å². The monoisotopic (exact) mass is 375 g/mol. The van der Waals surface area contributed by atoms with Crippen LogP contribution in [0.5, 0.6) is 0 Å². The van der Waals surface area contributed by atoms with Crippen LogP contribution >= 0.6 is 12.2 Å². The SMILES string of the molecule is Cc1cc(C=C2C(=O)NC(=S)NC2=O)c(C)n1-c1ccc2ccccc2c1. The zero-order valence-corrected chi connectivity index (χ0v) is 15.7. The first-order chi connectivity index (χ1) is 12.9. The van der Waals surface area contributed by atoms with Crippen LogP contribution in [0.25, 0.3) is 22.5 Å². The van der Waals surface area contributed by atoms with Gasteiger partial charge in [0.25, 0.3) is 11.8 Å². The maximum Gasteiger partial charge on any atom is 0.263 e. The molecule has 0 atom stereocenters. The topological polar surface area (TPSA) is 63.1 Å². The molecule has 2 N–H and O–H groups in total. The predicted octanol–water partition coefficient (Wildman–Crippen LogP) is 3.16. The molecule has 5 nitrogen and oxygen atoms in total. The molecule has 27 heavy (non-hydrogen) atoms. The van der Waals surface area contributed by atoms with Gasteiger partial charge in [0, 0.05) is 17.1 Å². The van der Waals surface area contributed by atoms with E-state index in [-0.39, 0.29) is 10.7 Å². The number of hydrogen-bond acceptors (Lipinski definition) is 3. The molecule has 2 aromatic carbocycles. The van der Waals surface area contributed by atoms with Gasteiger partial charge in [0.2, 0.25) is 0 Å². The molecule has 1 fully saturated rings. The number of rotatable bonds is 2. The fourth-order valence-electron chi connectivity index (χ4n) is 3.41. The molecular weight excluding hydrogens is 358 g/mol. The van der Waals surface area contributed by atoms with Crippen molar-refractivity contribution in [3.63, 3.8) is 0 Å². The average Bonchev–Trinajstić information content (AvgIpc) is 2.91. The van der Waals surface area contributed by atoms with E-state index in [2.05, 4.69) is 45.5 Å². The van der Waals surface area contributed by atoms with Crippen LogP contribution in [-0.4, -0.2) is 21.5 Å². The van der Waals surface area contributed by atoms with Crippen LogP contribution in [0, 0.1) is 13.8 Å². The summed E-state index contributed by atoms with van der Waals surface area (Å²) in [4.78, 5) is 24.2. The zero-order valence-electron chi connectivity index (χ0n) is 14.9. The van der Waals surface area contributed by atoms with Gasteiger partial charge in [-0.25, -0.2) is 0 Å². The number of fused-ring (bicyclic) bond motifs is 1. The van der Waals surface area contributed by atoms with E-state index >= 15 is 0 Å². The predicted molar refractivity (Wildman–Crippen MR) is 110 cm³/mol. The summed E-state index contributed by atoms with van der Waals surface area (Å²) in [5, 5.41) is 7.28. The molecule has 6 heteroatoms. The van der Waals surface area contributed by atoms with Crippen molar-refractivity contribution in [2.75, 3.05) is 0 Å². The van der Waals surface area contributed by atoms with Gasteiger partial charge in [0.05, 0.1) is 0 Å². The van der Waals surface area contributed by atoms with E-state index in [4.69, 9.17) is 12.2 Å². The van der Waals surface area contributed by atoms with Crippen LogP contribution in [0.1, 0.15) is 17.0 Å². The van der Waals surface area contributed by atoms with Gasteiger partial charge in [-0.3, -0.25) is 20.2 Å². The van der Waals surface area contributed by atoms with E-state index < -0.39 is 11.8 Å². The summed E-state index contributed by atoms with van der Waals surface area (Å²) in [7, 11) is 0. The summed E-state index contributed by atoms with van der Waals surface area (Å²) in [6.07, 6.45) is 1.60. The second-order valence-corrected chi connectivity index (χ2v) is 6.90. The van der Waals surface area contributed by atoms with E-state index in [1.165, 1.54) is 5.39 Å². The summed E-state index contributed by atoms with van der Waals surface area (Å²) in [5.74, 6) is -0.974. The molecule has 4 rings (SSSR count). The van der Waals surface area contributed by atoms with E-state index in [0.717, 1.165) is 28.0 Å². The summed E-state index contributed by atoms with van der Waals surface area (Å²) in [6, 6.07) is 16.4. The van der Waals surface area contributed by atoms with Gasteiger partial charge in [0.15, 0.2) is 5.11 Å². The van der Waals surface area contributed by atoms with E-state index in [9.17, 15) is 9.59 Å². The Labute approximate surface area is 161 Å². The smallest absolute Gasteiger partial charge is 0.263 e. The lowest BCUT2D eigenvalue weighted by Crippen LogP contribution is -2.51. The molecule has 1 aliphatic rings. The number of nitrogens with one attached hydrogen (secondary N) is 2. The van der Waals surface area contributed by atoms with Crippen molar-refractivity contribution >= 4 is 46.0 Å². The van der Waals surface area contributed by atoms with Crippen LogP contribution < -0.4 is 10.6 Å². The third-order valence-corrected chi connectivity index (χ3v) is 4.91. The normalized spacial score (nSPS) is 14.3. The number of thiocarbonyl (C=S) groups is 1. The summed E-state index contributed by atoms with van der Waals surface area (Å²) in [6.45, 7) is 3.97. The van der Waals surface area contributed by atoms with Crippen LogP contribution in [-0.2, 0) is 9.59 Å². The first-order valence-corrected chi connectivity index (χ1v) is 8.91. The molecule has 0 bridgehead atoms. The van der Waals surface area contributed by atoms with Crippen molar-refractivity contribution in [1.29, 1.82) is 0 Å². The molecule has 0 spiro atoms. The van der Waals surface area contributed by atoms with Gasteiger partial charge in [-0.1, -0.05) is 30.3 Å². The van der Waals surface area contributed by atoms with Crippen molar-refractivity contribution in [2.45, 2.75) is 13.8 Å². The maximum absolute atomic E-state index is 12.1. The zero-order chi connectivity index (χ0) is 19.1. The summed E-state index contributed by atoms with van der Waals surface area (Å²) in [5.41, 5.74) is 3.86. The average molecular weight is 375 g/mol. The fourth-order valence-corrected chi connectivity index (χ4v) is 3.59. The third-order valence-electron chi connectivity index (χ3n) is 4.70. The third kappa shape index (κ3) is 3.04. The highest BCUT2D eigenvalue weighted by molar-refractivity contribution is 7.80. The maximum atomic E-state index is 12.1. The first-order valence-electron chi connectivity index (χ1n) is 8.50. The minimum atomic E-state index is -0.487. The van der Waals surface area contributed by atoms with Crippen molar-refractivity contribution < 1.29 is 9.59 Å². The molecule has 0 aliphatic carbocycles. The lowest BCUT2D eigenvalue weighted by molar-refractivity contribution is -0.123. The first kappa shape index (κ1) is 17.2. The lowest BCUT2D eigenvalue weighted by atomic mass is 10.1. The Morgan fingerprint density at radius 2 is 1.59 bits per heavy atom. The summed E-state index contributed by atoms with van der Waals surface area (Å²) < 4.78 is 2.11. The van der Waals surface area contributed by atoms with E-state index in [1.807, 2.05) is 32.0 Å². The number of carbonyl (C=O) groups is 2. The number of nitrogens with zero attached hydrogens (tertiary/aromatic N) is 1. The molecule has 1 aliphatic heterocycles. The van der Waals surface area contributed by atoms with Gasteiger partial charge in [-0.05, 0) is 66.7 Å². The second-order valence-electron chi connectivity index (χ2n) is 6.49. The molecule has 1 aromatic heterocycles. The van der Waals surface area contributed by atoms with Crippen LogP contribution in [0.4, 0.5) is 0 Å². The molecule has 1 saturated heterocycles. The number of hydrogen-bond donors (Lipinski definition) is 2. The second kappa shape index (κ2) is 6.48. The number of amides is 2. The Kier molecular flexibility index (Phi) is 4.12. The molecule has 0 unspecified atom stereocenters. The number of carbonyl (C=O) groups excluding carboxylic acids is 2. The number of aryl methyl sites for hydroxylation is 1. The summed E-state index contributed by atoms with van der Waals surface area (Å²) >= 11 is 4.84. The molecule has 0 radical (unpaired) electrons. The van der Waals surface area contributed by atoms with Gasteiger partial charge < -0.3 is 4.57 Å². The number of aromatic nitrogens is 1. The molecular formula is C21H17N3O2S. The van der Waals surface area contributed by atoms with Crippen molar-refractivity contribution in [1.82, 2.24) is 15.2 Å². The minimum absolute atomic E-state index is 0.0313. The standard InChI is InChI=1S/C21H17N3O2S/c1-12-9-16(11-18-19(25)22-21(27)23-20(18)26)13(2)24(12)17-8-7-14-5-3-4-6-15(14)10-17/h3-11H,1-2H3,(H2,22,23,25,26,27). The van der Waals surface area contributed by atoms with Gasteiger partial charge in [-0.15, -0.1) is 0 Å². The van der Waals surface area contributed by atoms with E-state index in [1.54, 1.807) is 6.08 Å². The highest BCUT2D eigenvalue weighted by Crippen LogP contribution is 2.25. The van der Waals surface area contributed by atoms with Crippen LogP contribution in [0.15, 0.2) is 54.1 Å². The quantitative estimate of drug-likeness (QED) is 0.411. The largest absolute Gasteiger partial charge is 0.318 e. The molecule has 2 amide bonds. The van der Waals surface area contributed by atoms with Crippen LogP contribution in [0.3, 0.4) is 0 Å². The molecule has 134 valence electrons.